The summed E-state index contributed by atoms with van der Waals surface area (Å²) in [6.07, 6.45) is 1.75. The van der Waals surface area contributed by atoms with Gasteiger partial charge in [-0.05, 0) is 23.6 Å². The summed E-state index contributed by atoms with van der Waals surface area (Å²) >= 11 is 3.49. The molecule has 0 fully saturated rings. The number of aromatic nitrogens is 1. The lowest BCUT2D eigenvalue weighted by Crippen LogP contribution is -2.30. The molecule has 0 aromatic carbocycles. The van der Waals surface area contributed by atoms with Gasteiger partial charge in [0.15, 0.2) is 6.61 Å². The summed E-state index contributed by atoms with van der Waals surface area (Å²) in [6, 6.07) is 7.53. The Balaban J connectivity index is 1.56. The van der Waals surface area contributed by atoms with Crippen LogP contribution in [-0.2, 0) is 22.3 Å². The minimum Gasteiger partial charge on any atom is -0.451 e. The number of aryl methyl sites for hydroxylation is 1. The third-order valence-electron chi connectivity index (χ3n) is 2.88. The van der Waals surface area contributed by atoms with Gasteiger partial charge >= 0.3 is 5.97 Å². The largest absolute Gasteiger partial charge is 0.451 e. The van der Waals surface area contributed by atoms with E-state index >= 15 is 0 Å². The van der Waals surface area contributed by atoms with E-state index in [9.17, 15) is 9.59 Å². The fraction of sp³-hybridized carbons (Fsp3) is 0.333. The average Bonchev–Trinajstić information content (AvgIpc) is 3.16. The summed E-state index contributed by atoms with van der Waals surface area (Å²) in [5.41, 5.74) is 0.430. The molecular formula is C15H18N2O3S2. The Hall–Kier alpha value is -1.73. The zero-order chi connectivity index (χ0) is 15.8. The monoisotopic (exact) mass is 338 g/mol. The van der Waals surface area contributed by atoms with E-state index in [1.54, 1.807) is 53.0 Å². The fourth-order valence-electron chi connectivity index (χ4n) is 1.76. The number of thiophene rings is 1. The van der Waals surface area contributed by atoms with Crippen molar-refractivity contribution in [1.29, 1.82) is 0 Å². The molecule has 0 bridgehead atoms. The maximum absolute atomic E-state index is 11.7. The van der Waals surface area contributed by atoms with E-state index in [0.717, 1.165) is 11.5 Å². The molecule has 0 aliphatic rings. The molecule has 2 aromatic rings. The van der Waals surface area contributed by atoms with Gasteiger partial charge in [0.1, 0.15) is 5.69 Å². The van der Waals surface area contributed by atoms with Crippen LogP contribution in [0, 0.1) is 0 Å². The van der Waals surface area contributed by atoms with Crippen molar-refractivity contribution >= 4 is 35.0 Å². The van der Waals surface area contributed by atoms with Crippen LogP contribution < -0.4 is 5.32 Å². The molecule has 2 heterocycles. The molecule has 0 unspecified atom stereocenters. The van der Waals surface area contributed by atoms with Gasteiger partial charge in [0.05, 0.1) is 0 Å². The molecule has 1 amide bonds. The molecule has 2 aromatic heterocycles. The smallest absolute Gasteiger partial charge is 0.355 e. The van der Waals surface area contributed by atoms with Crippen LogP contribution in [0.5, 0.6) is 0 Å². The third-order valence-corrected chi connectivity index (χ3v) is 4.95. The van der Waals surface area contributed by atoms with Gasteiger partial charge in [0, 0.05) is 36.2 Å². The number of nitrogens with zero attached hydrogens (tertiary/aromatic N) is 1. The summed E-state index contributed by atoms with van der Waals surface area (Å²) in [4.78, 5) is 24.6. The summed E-state index contributed by atoms with van der Waals surface area (Å²) in [7, 11) is 1.75. The van der Waals surface area contributed by atoms with E-state index in [-0.39, 0.29) is 12.5 Å². The number of carbonyl (C=O) groups excluding carboxylic acids is 2. The van der Waals surface area contributed by atoms with E-state index in [1.165, 1.54) is 4.88 Å². The van der Waals surface area contributed by atoms with Gasteiger partial charge in [0.25, 0.3) is 5.91 Å². The van der Waals surface area contributed by atoms with Crippen LogP contribution in [0.2, 0.25) is 0 Å². The minimum atomic E-state index is -0.491. The summed E-state index contributed by atoms with van der Waals surface area (Å²) < 4.78 is 6.62. The number of ether oxygens (including phenoxy) is 1. The summed E-state index contributed by atoms with van der Waals surface area (Å²) in [6.45, 7) is 0.316. The Morgan fingerprint density at radius 1 is 1.36 bits per heavy atom. The second kappa shape index (κ2) is 8.65. The molecule has 5 nitrogen and oxygen atoms in total. The Bertz CT molecular complexity index is 608. The van der Waals surface area contributed by atoms with Gasteiger partial charge < -0.3 is 14.6 Å². The summed E-state index contributed by atoms with van der Waals surface area (Å²) in [5, 5.41) is 4.79. The highest BCUT2D eigenvalue weighted by Gasteiger charge is 2.12. The van der Waals surface area contributed by atoms with Gasteiger partial charge in [0.2, 0.25) is 0 Å². The third kappa shape index (κ3) is 5.23. The Morgan fingerprint density at radius 3 is 2.91 bits per heavy atom. The van der Waals surface area contributed by atoms with E-state index in [4.69, 9.17) is 4.74 Å². The molecule has 0 aliphatic carbocycles. The van der Waals surface area contributed by atoms with E-state index in [1.807, 2.05) is 6.07 Å². The second-order valence-electron chi connectivity index (χ2n) is 4.56. The highest BCUT2D eigenvalue weighted by molar-refractivity contribution is 7.98. The van der Waals surface area contributed by atoms with Crippen molar-refractivity contribution in [2.24, 2.45) is 7.05 Å². The van der Waals surface area contributed by atoms with Crippen molar-refractivity contribution in [2.45, 2.75) is 5.75 Å². The molecule has 0 spiro atoms. The van der Waals surface area contributed by atoms with Crippen molar-refractivity contribution in [3.05, 3.63) is 46.4 Å². The minimum absolute atomic E-state index is 0.250. The van der Waals surface area contributed by atoms with Crippen LogP contribution in [0.25, 0.3) is 0 Å². The topological polar surface area (TPSA) is 60.3 Å². The van der Waals surface area contributed by atoms with Crippen LogP contribution in [0.15, 0.2) is 35.8 Å². The van der Waals surface area contributed by atoms with E-state index in [0.29, 0.717) is 12.2 Å². The number of amides is 1. The van der Waals surface area contributed by atoms with Crippen molar-refractivity contribution < 1.29 is 14.3 Å². The summed E-state index contributed by atoms with van der Waals surface area (Å²) in [5.74, 6) is 1.01. The highest BCUT2D eigenvalue weighted by atomic mass is 32.2. The normalized spacial score (nSPS) is 10.4. The first-order valence-corrected chi connectivity index (χ1v) is 8.85. The van der Waals surface area contributed by atoms with Gasteiger partial charge in [-0.25, -0.2) is 4.79 Å². The maximum Gasteiger partial charge on any atom is 0.355 e. The number of hydrogen-bond acceptors (Lipinski definition) is 5. The number of esters is 1. The second-order valence-corrected chi connectivity index (χ2v) is 6.70. The first-order chi connectivity index (χ1) is 10.7. The molecular weight excluding hydrogens is 320 g/mol. The fourth-order valence-corrected chi connectivity index (χ4v) is 3.46. The van der Waals surface area contributed by atoms with Crippen LogP contribution >= 0.6 is 23.1 Å². The Kier molecular flexibility index (Phi) is 6.54. The first kappa shape index (κ1) is 16.6. The highest BCUT2D eigenvalue weighted by Crippen LogP contribution is 2.16. The molecule has 0 radical (unpaired) electrons. The number of carbonyl (C=O) groups is 2. The van der Waals surface area contributed by atoms with Crippen molar-refractivity contribution in [3.8, 4) is 0 Å². The van der Waals surface area contributed by atoms with Crippen LogP contribution in [-0.4, -0.2) is 35.3 Å². The molecule has 1 N–H and O–H groups in total. The molecule has 2 rings (SSSR count). The maximum atomic E-state index is 11.7. The van der Waals surface area contributed by atoms with Gasteiger partial charge in [-0.2, -0.15) is 11.8 Å². The molecule has 0 aliphatic heterocycles. The lowest BCUT2D eigenvalue weighted by molar-refractivity contribution is -0.124. The number of thioether (sulfide) groups is 1. The predicted octanol–water partition coefficient (Wildman–Crippen LogP) is 2.29. The van der Waals surface area contributed by atoms with Crippen LogP contribution in [0.3, 0.4) is 0 Å². The van der Waals surface area contributed by atoms with Gasteiger partial charge in [-0.3, -0.25) is 4.79 Å². The number of hydrogen-bond donors (Lipinski definition) is 1. The Labute approximate surface area is 137 Å². The van der Waals surface area contributed by atoms with Crippen LogP contribution in [0.4, 0.5) is 0 Å². The lowest BCUT2D eigenvalue weighted by atomic mass is 10.4. The molecule has 118 valence electrons. The van der Waals surface area contributed by atoms with Gasteiger partial charge in [-0.15, -0.1) is 11.3 Å². The van der Waals surface area contributed by atoms with Crippen molar-refractivity contribution in [1.82, 2.24) is 9.88 Å². The number of nitrogens with one attached hydrogen (secondary N) is 1. The molecule has 22 heavy (non-hydrogen) atoms. The van der Waals surface area contributed by atoms with E-state index < -0.39 is 5.97 Å². The molecule has 7 heteroatoms. The lowest BCUT2D eigenvalue weighted by Gasteiger charge is -2.07. The van der Waals surface area contributed by atoms with Crippen molar-refractivity contribution in [3.63, 3.8) is 0 Å². The number of rotatable bonds is 8. The zero-order valence-electron chi connectivity index (χ0n) is 12.3. The van der Waals surface area contributed by atoms with Crippen LogP contribution in [0.1, 0.15) is 15.4 Å². The Morgan fingerprint density at radius 2 is 2.23 bits per heavy atom. The average molecular weight is 338 g/mol. The van der Waals surface area contributed by atoms with Crippen molar-refractivity contribution in [2.75, 3.05) is 18.9 Å². The quantitative estimate of drug-likeness (QED) is 0.593. The zero-order valence-corrected chi connectivity index (χ0v) is 13.9. The standard InChI is InChI=1S/C15H18N2O3S2/c1-17-7-2-5-13(17)15(19)20-10-14(18)16-6-9-21-11-12-4-3-8-22-12/h2-5,7-8H,6,9-11H2,1H3,(H,16,18). The molecule has 0 saturated carbocycles. The molecule has 0 saturated heterocycles. The molecule has 0 atom stereocenters. The first-order valence-electron chi connectivity index (χ1n) is 6.82. The van der Waals surface area contributed by atoms with Gasteiger partial charge in [-0.1, -0.05) is 6.07 Å². The SMILES string of the molecule is Cn1cccc1C(=O)OCC(=O)NCCSCc1cccs1. The predicted molar refractivity (Wildman–Crippen MR) is 89.2 cm³/mol. The van der Waals surface area contributed by atoms with E-state index in [2.05, 4.69) is 16.8 Å².